The molecule has 0 fully saturated rings. The lowest BCUT2D eigenvalue weighted by atomic mass is 9.92. The summed E-state index contributed by atoms with van der Waals surface area (Å²) in [5.74, 6) is -1.06. The molecule has 7 heteroatoms. The molecule has 0 saturated carbocycles. The first-order chi connectivity index (χ1) is 14.3. The number of carbonyl (C=O) groups is 1. The average Bonchev–Trinajstić information content (AvgIpc) is 3.08. The van der Waals surface area contributed by atoms with Crippen LogP contribution >= 0.6 is 0 Å². The summed E-state index contributed by atoms with van der Waals surface area (Å²) < 4.78 is 21.1. The summed E-state index contributed by atoms with van der Waals surface area (Å²) >= 11 is 0. The second kappa shape index (κ2) is 6.47. The highest BCUT2D eigenvalue weighted by molar-refractivity contribution is 5.91. The van der Waals surface area contributed by atoms with E-state index in [2.05, 4.69) is 6.92 Å². The minimum absolute atomic E-state index is 0.153. The van der Waals surface area contributed by atoms with Gasteiger partial charge in [-0.05, 0) is 43.0 Å². The molecule has 0 radical (unpaired) electrons. The van der Waals surface area contributed by atoms with Gasteiger partial charge < -0.3 is 14.4 Å². The zero-order valence-corrected chi connectivity index (χ0v) is 17.0. The standard InChI is InChI=1S/C23H21FN2O4/c1-4-5-12-10(2)16(24)7-17-19(12)11(3)14-8-26-18(20(14)25-17)6-13-15(22(26)28)9-30-23(29)21(13)27/h6-7,21,27H,4-5,8-9H2,1-3H3. The van der Waals surface area contributed by atoms with Crippen molar-refractivity contribution in [3.8, 4) is 11.4 Å². The fraction of sp³-hybridized carbons (Fsp3) is 0.348. The molecule has 5 rings (SSSR count). The Kier molecular flexibility index (Phi) is 4.08. The molecule has 0 aliphatic carbocycles. The molecular formula is C23H21FN2O4. The molecule has 2 aliphatic heterocycles. The van der Waals surface area contributed by atoms with E-state index < -0.39 is 12.1 Å². The van der Waals surface area contributed by atoms with Crippen LogP contribution in [0.25, 0.3) is 22.3 Å². The number of pyridine rings is 2. The Balaban J connectivity index is 1.82. The van der Waals surface area contributed by atoms with Crippen molar-refractivity contribution in [1.29, 1.82) is 0 Å². The maximum Gasteiger partial charge on any atom is 0.340 e. The lowest BCUT2D eigenvalue weighted by molar-refractivity contribution is -0.157. The third kappa shape index (κ3) is 2.41. The largest absolute Gasteiger partial charge is 0.458 e. The number of aromatic nitrogens is 2. The Labute approximate surface area is 171 Å². The van der Waals surface area contributed by atoms with Crippen molar-refractivity contribution >= 4 is 16.9 Å². The normalized spacial score (nSPS) is 17.0. The fourth-order valence-corrected chi connectivity index (χ4v) is 4.74. The van der Waals surface area contributed by atoms with Crippen molar-refractivity contribution in [3.05, 3.63) is 61.7 Å². The number of aliphatic hydroxyl groups is 1. The summed E-state index contributed by atoms with van der Waals surface area (Å²) in [5.41, 5.74) is 5.41. The van der Waals surface area contributed by atoms with Gasteiger partial charge in [-0.25, -0.2) is 14.2 Å². The zero-order valence-electron chi connectivity index (χ0n) is 17.0. The molecule has 4 heterocycles. The quantitative estimate of drug-likeness (QED) is 0.515. The Morgan fingerprint density at radius 2 is 2.00 bits per heavy atom. The zero-order chi connectivity index (χ0) is 21.3. The van der Waals surface area contributed by atoms with Crippen molar-refractivity contribution in [1.82, 2.24) is 9.55 Å². The van der Waals surface area contributed by atoms with Crippen LogP contribution < -0.4 is 5.56 Å². The first-order valence-corrected chi connectivity index (χ1v) is 10.1. The lowest BCUT2D eigenvalue weighted by Gasteiger charge is -2.21. The van der Waals surface area contributed by atoms with E-state index in [0.717, 1.165) is 34.9 Å². The van der Waals surface area contributed by atoms with Crippen LogP contribution in [0.2, 0.25) is 0 Å². The van der Waals surface area contributed by atoms with Gasteiger partial charge in [0.1, 0.15) is 12.4 Å². The van der Waals surface area contributed by atoms with Gasteiger partial charge in [-0.1, -0.05) is 13.3 Å². The Hall–Kier alpha value is -3.06. The Morgan fingerprint density at radius 3 is 2.73 bits per heavy atom. The predicted octanol–water partition coefficient (Wildman–Crippen LogP) is 3.22. The Morgan fingerprint density at radius 1 is 1.23 bits per heavy atom. The highest BCUT2D eigenvalue weighted by Gasteiger charge is 2.34. The van der Waals surface area contributed by atoms with Crippen molar-refractivity contribution in [2.24, 2.45) is 0 Å². The number of ether oxygens (including phenoxy) is 1. The van der Waals surface area contributed by atoms with Gasteiger partial charge in [0, 0.05) is 22.6 Å². The third-order valence-electron chi connectivity index (χ3n) is 6.35. The first-order valence-electron chi connectivity index (χ1n) is 10.1. The summed E-state index contributed by atoms with van der Waals surface area (Å²) in [5, 5.41) is 11.2. The van der Waals surface area contributed by atoms with Crippen LogP contribution in [0.15, 0.2) is 16.9 Å². The average molecular weight is 408 g/mol. The highest BCUT2D eigenvalue weighted by Crippen LogP contribution is 2.39. The number of nitrogens with zero attached hydrogens (tertiary/aromatic N) is 2. The lowest BCUT2D eigenvalue weighted by Crippen LogP contribution is -2.32. The minimum atomic E-state index is -1.49. The molecule has 0 spiro atoms. The van der Waals surface area contributed by atoms with Crippen LogP contribution in [0.4, 0.5) is 4.39 Å². The number of esters is 1. The van der Waals surface area contributed by atoms with E-state index in [1.54, 1.807) is 17.6 Å². The number of rotatable bonds is 2. The van der Waals surface area contributed by atoms with E-state index in [4.69, 9.17) is 9.72 Å². The van der Waals surface area contributed by atoms with Gasteiger partial charge >= 0.3 is 5.97 Å². The molecule has 0 saturated heterocycles. The number of carbonyl (C=O) groups excluding carboxylic acids is 1. The van der Waals surface area contributed by atoms with E-state index in [1.165, 1.54) is 6.07 Å². The van der Waals surface area contributed by atoms with Crippen molar-refractivity contribution in [2.45, 2.75) is 52.9 Å². The smallest absolute Gasteiger partial charge is 0.340 e. The van der Waals surface area contributed by atoms with Crippen molar-refractivity contribution in [3.63, 3.8) is 0 Å². The van der Waals surface area contributed by atoms with Crippen LogP contribution in [-0.4, -0.2) is 20.6 Å². The van der Waals surface area contributed by atoms with Gasteiger partial charge in [0.15, 0.2) is 6.10 Å². The maximum absolute atomic E-state index is 14.6. The molecule has 2 aliphatic rings. The van der Waals surface area contributed by atoms with Gasteiger partial charge in [0.2, 0.25) is 0 Å². The highest BCUT2D eigenvalue weighted by atomic mass is 19.1. The van der Waals surface area contributed by atoms with Gasteiger partial charge in [0.25, 0.3) is 5.56 Å². The number of hydrogen-bond donors (Lipinski definition) is 1. The summed E-state index contributed by atoms with van der Waals surface area (Å²) in [6, 6.07) is 3.09. The number of cyclic esters (lactones) is 1. The summed E-state index contributed by atoms with van der Waals surface area (Å²) in [6.07, 6.45) is 0.136. The number of hydrogen-bond acceptors (Lipinski definition) is 5. The van der Waals surface area contributed by atoms with Crippen LogP contribution in [0.3, 0.4) is 0 Å². The van der Waals surface area contributed by atoms with E-state index >= 15 is 0 Å². The summed E-state index contributed by atoms with van der Waals surface area (Å²) in [7, 11) is 0. The molecule has 6 nitrogen and oxygen atoms in total. The van der Waals surface area contributed by atoms with Crippen LogP contribution in [0.5, 0.6) is 0 Å². The SMILES string of the molecule is CCCc1c(C)c(F)cc2nc3c(c(C)c12)Cn1c-3cc2c(c1=O)COC(=O)C2O. The number of fused-ring (bicyclic) bond motifs is 5. The van der Waals surface area contributed by atoms with Crippen molar-refractivity contribution < 1.29 is 19.0 Å². The number of halogens is 1. The number of benzene rings is 1. The third-order valence-corrected chi connectivity index (χ3v) is 6.35. The second-order valence-electron chi connectivity index (χ2n) is 8.04. The molecule has 0 bridgehead atoms. The fourth-order valence-electron chi connectivity index (χ4n) is 4.74. The minimum Gasteiger partial charge on any atom is -0.458 e. The predicted molar refractivity (Wildman–Crippen MR) is 109 cm³/mol. The molecule has 0 amide bonds. The molecule has 2 aromatic heterocycles. The van der Waals surface area contributed by atoms with E-state index in [9.17, 15) is 19.1 Å². The van der Waals surface area contributed by atoms with Gasteiger partial charge in [-0.2, -0.15) is 0 Å². The van der Waals surface area contributed by atoms with Gasteiger partial charge in [0.05, 0.1) is 29.0 Å². The van der Waals surface area contributed by atoms with E-state index in [1.807, 2.05) is 6.92 Å². The van der Waals surface area contributed by atoms with Crippen LogP contribution in [0, 0.1) is 19.7 Å². The molecule has 1 N–H and O–H groups in total. The molecular weight excluding hydrogens is 387 g/mol. The summed E-state index contributed by atoms with van der Waals surface area (Å²) in [4.78, 5) is 29.6. The van der Waals surface area contributed by atoms with Crippen LogP contribution in [-0.2, 0) is 29.1 Å². The number of aryl methyl sites for hydroxylation is 2. The topological polar surface area (TPSA) is 81.4 Å². The molecule has 3 aromatic rings. The second-order valence-corrected chi connectivity index (χ2v) is 8.04. The maximum atomic E-state index is 14.6. The Bertz CT molecular complexity index is 1330. The van der Waals surface area contributed by atoms with E-state index in [-0.39, 0.29) is 29.1 Å². The number of aliphatic hydroxyl groups excluding tert-OH is 1. The molecule has 1 atom stereocenters. The molecule has 154 valence electrons. The first kappa shape index (κ1) is 18.9. The summed E-state index contributed by atoms with van der Waals surface area (Å²) in [6.45, 7) is 6.02. The molecule has 30 heavy (non-hydrogen) atoms. The monoisotopic (exact) mass is 408 g/mol. The van der Waals surface area contributed by atoms with Gasteiger partial charge in [-0.3, -0.25) is 4.79 Å². The van der Waals surface area contributed by atoms with E-state index in [0.29, 0.717) is 29.0 Å². The van der Waals surface area contributed by atoms with Crippen molar-refractivity contribution in [2.75, 3.05) is 0 Å². The van der Waals surface area contributed by atoms with Gasteiger partial charge in [-0.15, -0.1) is 0 Å². The molecule has 1 aromatic carbocycles. The molecule has 1 unspecified atom stereocenters. The van der Waals surface area contributed by atoms with Crippen LogP contribution in [0.1, 0.15) is 52.8 Å².